The molecule has 1 atom stereocenters. The second-order valence-electron chi connectivity index (χ2n) is 6.94. The van der Waals surface area contributed by atoms with Crippen LogP contribution in [-0.4, -0.2) is 66.1 Å². The summed E-state index contributed by atoms with van der Waals surface area (Å²) >= 11 is 0. The molecule has 3 rings (SSSR count). The number of carbonyl (C=O) groups is 2. The molecule has 0 bridgehead atoms. The molecular formula is C18H27N5O3. The van der Waals surface area contributed by atoms with Crippen LogP contribution in [0.3, 0.4) is 0 Å². The molecular weight excluding hydrogens is 334 g/mol. The summed E-state index contributed by atoms with van der Waals surface area (Å²) in [6.07, 6.45) is 2.22. The van der Waals surface area contributed by atoms with Gasteiger partial charge in [0, 0.05) is 51.0 Å². The van der Waals surface area contributed by atoms with Crippen molar-refractivity contribution in [1.29, 1.82) is 0 Å². The molecule has 1 aromatic rings. The third kappa shape index (κ3) is 4.69. The lowest BCUT2D eigenvalue weighted by Crippen LogP contribution is -2.40. The van der Waals surface area contributed by atoms with Crippen LogP contribution in [0.4, 0.5) is 5.82 Å². The number of rotatable bonds is 5. The van der Waals surface area contributed by atoms with Crippen LogP contribution in [0.25, 0.3) is 0 Å². The van der Waals surface area contributed by atoms with Gasteiger partial charge in [0.25, 0.3) is 0 Å². The molecule has 8 nitrogen and oxygen atoms in total. The molecule has 0 saturated carbocycles. The summed E-state index contributed by atoms with van der Waals surface area (Å²) in [5, 5.41) is 0. The number of likely N-dealkylation sites (tertiary alicyclic amines) is 1. The number of aryl methyl sites for hydroxylation is 1. The zero-order valence-corrected chi connectivity index (χ0v) is 15.3. The summed E-state index contributed by atoms with van der Waals surface area (Å²) in [5.41, 5.74) is 6.14. The molecule has 2 N–H and O–H groups in total. The van der Waals surface area contributed by atoms with Crippen molar-refractivity contribution in [3.63, 3.8) is 0 Å². The van der Waals surface area contributed by atoms with E-state index in [-0.39, 0.29) is 24.7 Å². The smallest absolute Gasteiger partial charge is 0.223 e. The lowest BCUT2D eigenvalue weighted by Gasteiger charge is -2.33. The normalized spacial score (nSPS) is 20.9. The van der Waals surface area contributed by atoms with Gasteiger partial charge in [0.2, 0.25) is 11.8 Å². The summed E-state index contributed by atoms with van der Waals surface area (Å²) in [6, 6.07) is 2.06. The van der Waals surface area contributed by atoms with Crippen molar-refractivity contribution >= 4 is 17.6 Å². The molecule has 8 heteroatoms. The average Bonchev–Trinajstić information content (AvgIpc) is 2.66. The lowest BCUT2D eigenvalue weighted by atomic mass is 9.94. The second kappa shape index (κ2) is 8.44. The lowest BCUT2D eigenvalue weighted by molar-refractivity contribution is -0.134. The average molecular weight is 361 g/mol. The molecule has 2 fully saturated rings. The quantitative estimate of drug-likeness (QED) is 0.824. The summed E-state index contributed by atoms with van der Waals surface area (Å²) in [7, 11) is 0. The summed E-state index contributed by atoms with van der Waals surface area (Å²) in [4.78, 5) is 36.5. The van der Waals surface area contributed by atoms with Crippen molar-refractivity contribution in [2.75, 3.05) is 44.3 Å². The zero-order chi connectivity index (χ0) is 18.5. The van der Waals surface area contributed by atoms with E-state index < -0.39 is 5.91 Å². The predicted molar refractivity (Wildman–Crippen MR) is 96.8 cm³/mol. The number of hydrogen-bond donors (Lipinski definition) is 1. The molecule has 1 aromatic heterocycles. The Balaban J connectivity index is 1.70. The highest BCUT2D eigenvalue weighted by molar-refractivity contribution is 5.83. The molecule has 2 saturated heterocycles. The predicted octanol–water partition coefficient (Wildman–Crippen LogP) is 0.593. The third-order valence-corrected chi connectivity index (χ3v) is 4.96. The number of piperidine rings is 1. The van der Waals surface area contributed by atoms with Gasteiger partial charge in [-0.1, -0.05) is 0 Å². The first-order valence-corrected chi connectivity index (χ1v) is 9.27. The minimum Gasteiger partial charge on any atom is -0.378 e. The number of carbonyl (C=O) groups excluding carboxylic acids is 2. The molecule has 0 aromatic carbocycles. The van der Waals surface area contributed by atoms with E-state index in [1.807, 2.05) is 11.8 Å². The van der Waals surface area contributed by atoms with Crippen LogP contribution in [-0.2, 0) is 14.3 Å². The van der Waals surface area contributed by atoms with E-state index in [4.69, 9.17) is 10.5 Å². The summed E-state index contributed by atoms with van der Waals surface area (Å²) < 4.78 is 5.42. The summed E-state index contributed by atoms with van der Waals surface area (Å²) in [6.45, 7) is 6.36. The van der Waals surface area contributed by atoms with Crippen LogP contribution in [0.15, 0.2) is 6.07 Å². The van der Waals surface area contributed by atoms with Gasteiger partial charge in [-0.25, -0.2) is 9.97 Å². The monoisotopic (exact) mass is 361 g/mol. The van der Waals surface area contributed by atoms with E-state index in [0.717, 1.165) is 49.8 Å². The minimum atomic E-state index is -0.437. The Morgan fingerprint density at radius 1 is 1.23 bits per heavy atom. The molecule has 0 spiro atoms. The highest BCUT2D eigenvalue weighted by Gasteiger charge is 2.27. The van der Waals surface area contributed by atoms with Crippen molar-refractivity contribution in [3.8, 4) is 0 Å². The Morgan fingerprint density at radius 2 is 2.00 bits per heavy atom. The second-order valence-corrected chi connectivity index (χ2v) is 6.94. The fourth-order valence-electron chi connectivity index (χ4n) is 3.57. The van der Waals surface area contributed by atoms with E-state index in [9.17, 15) is 9.59 Å². The minimum absolute atomic E-state index is 0.00678. The van der Waals surface area contributed by atoms with Crippen LogP contribution < -0.4 is 10.6 Å². The Kier molecular flexibility index (Phi) is 6.03. The highest BCUT2D eigenvalue weighted by Crippen LogP contribution is 2.28. The summed E-state index contributed by atoms with van der Waals surface area (Å²) in [5.74, 6) is 1.44. The molecule has 0 aliphatic carbocycles. The van der Waals surface area contributed by atoms with Crippen molar-refractivity contribution in [3.05, 3.63) is 17.6 Å². The number of ether oxygens (including phenoxy) is 1. The number of anilines is 1. The van der Waals surface area contributed by atoms with E-state index >= 15 is 0 Å². The standard InChI is InChI=1S/C18H27N5O3/c1-13-20-15(11-17(21-13)22-7-9-26-10-8-22)14-3-2-6-23(12-14)18(25)5-4-16(19)24/h11,14H,2-10,12H2,1H3,(H2,19,24)/t14-/m0/s1. The topological polar surface area (TPSA) is 102 Å². The van der Waals surface area contributed by atoms with Crippen LogP contribution >= 0.6 is 0 Å². The number of nitrogens with zero attached hydrogens (tertiary/aromatic N) is 4. The molecule has 2 aliphatic rings. The Labute approximate surface area is 153 Å². The van der Waals surface area contributed by atoms with E-state index in [2.05, 4.69) is 20.9 Å². The Bertz CT molecular complexity index is 660. The molecule has 26 heavy (non-hydrogen) atoms. The molecule has 142 valence electrons. The van der Waals surface area contributed by atoms with Crippen LogP contribution in [0.1, 0.15) is 43.1 Å². The number of primary amides is 1. The maximum Gasteiger partial charge on any atom is 0.223 e. The highest BCUT2D eigenvalue weighted by atomic mass is 16.5. The number of amides is 2. The van der Waals surface area contributed by atoms with Gasteiger partial charge < -0.3 is 20.3 Å². The number of aromatic nitrogens is 2. The fraction of sp³-hybridized carbons (Fsp3) is 0.667. The number of hydrogen-bond acceptors (Lipinski definition) is 6. The zero-order valence-electron chi connectivity index (χ0n) is 15.3. The largest absolute Gasteiger partial charge is 0.378 e. The van der Waals surface area contributed by atoms with Crippen LogP contribution in [0.5, 0.6) is 0 Å². The van der Waals surface area contributed by atoms with Gasteiger partial charge in [0.05, 0.1) is 18.9 Å². The molecule has 2 amide bonds. The third-order valence-electron chi connectivity index (χ3n) is 4.96. The van der Waals surface area contributed by atoms with Gasteiger partial charge in [-0.05, 0) is 19.8 Å². The van der Waals surface area contributed by atoms with Gasteiger partial charge in [-0.3, -0.25) is 9.59 Å². The van der Waals surface area contributed by atoms with Crippen LogP contribution in [0, 0.1) is 6.92 Å². The molecule has 0 radical (unpaired) electrons. The fourth-order valence-corrected chi connectivity index (χ4v) is 3.57. The molecule has 3 heterocycles. The maximum atomic E-state index is 12.3. The van der Waals surface area contributed by atoms with Crippen molar-refractivity contribution in [1.82, 2.24) is 14.9 Å². The van der Waals surface area contributed by atoms with E-state index in [0.29, 0.717) is 19.8 Å². The van der Waals surface area contributed by atoms with Gasteiger partial charge in [-0.2, -0.15) is 0 Å². The van der Waals surface area contributed by atoms with Crippen molar-refractivity contribution in [2.45, 2.75) is 38.5 Å². The first kappa shape index (κ1) is 18.6. The van der Waals surface area contributed by atoms with Gasteiger partial charge in [0.15, 0.2) is 0 Å². The van der Waals surface area contributed by atoms with Crippen molar-refractivity contribution in [2.24, 2.45) is 5.73 Å². The van der Waals surface area contributed by atoms with Gasteiger partial charge in [0.1, 0.15) is 11.6 Å². The van der Waals surface area contributed by atoms with E-state index in [1.165, 1.54) is 0 Å². The first-order valence-electron chi connectivity index (χ1n) is 9.27. The number of nitrogens with two attached hydrogens (primary N) is 1. The van der Waals surface area contributed by atoms with Gasteiger partial charge in [-0.15, -0.1) is 0 Å². The van der Waals surface area contributed by atoms with Crippen LogP contribution in [0.2, 0.25) is 0 Å². The van der Waals surface area contributed by atoms with Crippen molar-refractivity contribution < 1.29 is 14.3 Å². The first-order chi connectivity index (χ1) is 12.5. The molecule has 2 aliphatic heterocycles. The Morgan fingerprint density at radius 3 is 2.73 bits per heavy atom. The maximum absolute atomic E-state index is 12.3. The van der Waals surface area contributed by atoms with Gasteiger partial charge >= 0.3 is 0 Å². The number of morpholine rings is 1. The SMILES string of the molecule is Cc1nc([C@H]2CCCN(C(=O)CCC(N)=O)C2)cc(N2CCOCC2)n1. The molecule has 0 unspecified atom stereocenters. The Hall–Kier alpha value is -2.22. The van der Waals surface area contributed by atoms with E-state index in [1.54, 1.807) is 0 Å².